The van der Waals surface area contributed by atoms with Gasteiger partial charge in [0.1, 0.15) is 16.6 Å². The molecule has 0 bridgehead atoms. The number of hydrogen-bond acceptors (Lipinski definition) is 7. The first-order chi connectivity index (χ1) is 14.0. The molecule has 0 unspecified atom stereocenters. The second kappa shape index (κ2) is 7.67. The lowest BCUT2D eigenvalue weighted by Crippen LogP contribution is -2.07. The molecule has 1 aromatic heterocycles. The monoisotopic (exact) mass is 412 g/mol. The minimum atomic E-state index is -0.819. The number of phenols is 5. The number of benzene rings is 2. The number of hydrogen-bond donors (Lipinski definition) is 5. The van der Waals surface area contributed by atoms with Crippen molar-refractivity contribution in [2.24, 2.45) is 0 Å². The normalized spacial score (nSPS) is 11.1. The first-order valence-electron chi connectivity index (χ1n) is 9.41. The van der Waals surface area contributed by atoms with Gasteiger partial charge in [0.2, 0.25) is 11.2 Å². The van der Waals surface area contributed by atoms with E-state index in [-0.39, 0.29) is 45.9 Å². The standard InChI is InChI=1S/C23H24O7/c1-10(2)5-7-12-16-15(9-14(24)18(12)25)30-23-13(8-6-11(3)4)19(26)22(29)21(28)17(23)20(16)27/h5-6,9,24-26,28-29H,7-8H2,1-4H3. The van der Waals surface area contributed by atoms with Gasteiger partial charge >= 0.3 is 0 Å². The Morgan fingerprint density at radius 2 is 1.37 bits per heavy atom. The van der Waals surface area contributed by atoms with Crippen molar-refractivity contribution in [3.63, 3.8) is 0 Å². The van der Waals surface area contributed by atoms with Crippen LogP contribution < -0.4 is 5.43 Å². The summed E-state index contributed by atoms with van der Waals surface area (Å²) < 4.78 is 5.84. The Labute approximate surface area is 172 Å². The summed E-state index contributed by atoms with van der Waals surface area (Å²) in [7, 11) is 0. The van der Waals surface area contributed by atoms with Crippen LogP contribution in [-0.2, 0) is 12.8 Å². The summed E-state index contributed by atoms with van der Waals surface area (Å²) in [6.07, 6.45) is 3.82. The lowest BCUT2D eigenvalue weighted by Gasteiger charge is -2.14. The van der Waals surface area contributed by atoms with Gasteiger partial charge in [-0.2, -0.15) is 0 Å². The van der Waals surface area contributed by atoms with Crippen LogP contribution in [0.4, 0.5) is 0 Å². The van der Waals surface area contributed by atoms with Crippen LogP contribution in [0.2, 0.25) is 0 Å². The molecule has 0 aliphatic rings. The van der Waals surface area contributed by atoms with E-state index in [2.05, 4.69) is 0 Å². The average Bonchev–Trinajstić information content (AvgIpc) is 2.66. The van der Waals surface area contributed by atoms with Gasteiger partial charge in [0, 0.05) is 17.2 Å². The van der Waals surface area contributed by atoms with Crippen LogP contribution in [0.25, 0.3) is 21.9 Å². The molecule has 3 rings (SSSR count). The molecule has 0 aliphatic heterocycles. The lowest BCUT2D eigenvalue weighted by atomic mass is 9.98. The fourth-order valence-corrected chi connectivity index (χ4v) is 3.31. The molecule has 1 heterocycles. The van der Waals surface area contributed by atoms with E-state index in [4.69, 9.17) is 4.42 Å². The second-order valence-corrected chi connectivity index (χ2v) is 7.73. The fourth-order valence-electron chi connectivity index (χ4n) is 3.31. The van der Waals surface area contributed by atoms with E-state index in [0.717, 1.165) is 17.2 Å². The van der Waals surface area contributed by atoms with Crippen LogP contribution in [0.15, 0.2) is 38.6 Å². The van der Waals surface area contributed by atoms with Gasteiger partial charge in [-0.15, -0.1) is 0 Å². The Balaban J connectivity index is 2.53. The molecule has 158 valence electrons. The number of aromatic hydroxyl groups is 5. The molecule has 0 aliphatic carbocycles. The molecule has 0 saturated heterocycles. The highest BCUT2D eigenvalue weighted by atomic mass is 16.3. The van der Waals surface area contributed by atoms with Crippen LogP contribution in [0.1, 0.15) is 38.8 Å². The Morgan fingerprint density at radius 3 is 1.93 bits per heavy atom. The molecule has 7 nitrogen and oxygen atoms in total. The Kier molecular flexibility index (Phi) is 5.39. The molecule has 0 fully saturated rings. The van der Waals surface area contributed by atoms with E-state index < -0.39 is 34.2 Å². The van der Waals surface area contributed by atoms with Crippen molar-refractivity contribution in [2.75, 3.05) is 0 Å². The zero-order chi connectivity index (χ0) is 22.3. The zero-order valence-electron chi connectivity index (χ0n) is 17.2. The highest BCUT2D eigenvalue weighted by Gasteiger charge is 2.25. The van der Waals surface area contributed by atoms with E-state index in [9.17, 15) is 30.3 Å². The number of allylic oxidation sites excluding steroid dienone is 4. The smallest absolute Gasteiger partial charge is 0.204 e. The van der Waals surface area contributed by atoms with Gasteiger partial charge in [-0.1, -0.05) is 23.3 Å². The summed E-state index contributed by atoms with van der Waals surface area (Å²) in [5.41, 5.74) is 1.33. The molecule has 0 spiro atoms. The molecule has 2 aromatic carbocycles. The van der Waals surface area contributed by atoms with Gasteiger partial charge in [-0.3, -0.25) is 4.79 Å². The van der Waals surface area contributed by atoms with Crippen molar-refractivity contribution in [3.8, 4) is 28.7 Å². The van der Waals surface area contributed by atoms with Crippen LogP contribution in [0, 0.1) is 0 Å². The molecule has 0 amide bonds. The Hall–Kier alpha value is -3.61. The van der Waals surface area contributed by atoms with Crippen molar-refractivity contribution in [2.45, 2.75) is 40.5 Å². The zero-order valence-corrected chi connectivity index (χ0v) is 17.2. The van der Waals surface area contributed by atoms with E-state index in [1.165, 1.54) is 0 Å². The third-order valence-electron chi connectivity index (χ3n) is 4.91. The SMILES string of the molecule is CC(C)=CCc1c(O)c(O)c(O)c2c(=O)c3c(CC=C(C)C)c(O)c(O)cc3oc12. The van der Waals surface area contributed by atoms with Crippen molar-refractivity contribution in [3.05, 3.63) is 50.7 Å². The van der Waals surface area contributed by atoms with Crippen molar-refractivity contribution in [1.82, 2.24) is 0 Å². The number of fused-ring (bicyclic) bond motifs is 2. The largest absolute Gasteiger partial charge is 0.504 e. The topological polar surface area (TPSA) is 131 Å². The Bertz CT molecular complexity index is 1290. The molecule has 0 radical (unpaired) electrons. The highest BCUT2D eigenvalue weighted by molar-refractivity contribution is 6.00. The number of rotatable bonds is 4. The van der Waals surface area contributed by atoms with E-state index in [1.807, 2.05) is 27.7 Å². The molecule has 7 heteroatoms. The summed E-state index contributed by atoms with van der Waals surface area (Å²) in [5, 5.41) is 51.1. The van der Waals surface area contributed by atoms with E-state index in [0.29, 0.717) is 0 Å². The van der Waals surface area contributed by atoms with E-state index >= 15 is 0 Å². The third kappa shape index (κ3) is 3.43. The predicted molar refractivity (Wildman–Crippen MR) is 115 cm³/mol. The quantitative estimate of drug-likeness (QED) is 0.242. The first kappa shape index (κ1) is 21.1. The van der Waals surface area contributed by atoms with Gasteiger partial charge < -0.3 is 29.9 Å². The molecule has 30 heavy (non-hydrogen) atoms. The molecular weight excluding hydrogens is 388 g/mol. The van der Waals surface area contributed by atoms with Crippen LogP contribution in [0.5, 0.6) is 28.7 Å². The minimum Gasteiger partial charge on any atom is -0.504 e. The summed E-state index contributed by atoms with van der Waals surface area (Å²) in [6.45, 7) is 7.40. The molecule has 0 saturated carbocycles. The van der Waals surface area contributed by atoms with Gasteiger partial charge in [-0.25, -0.2) is 0 Å². The van der Waals surface area contributed by atoms with Crippen molar-refractivity contribution < 1.29 is 29.9 Å². The van der Waals surface area contributed by atoms with Crippen LogP contribution in [0.3, 0.4) is 0 Å². The average molecular weight is 412 g/mol. The first-order valence-corrected chi connectivity index (χ1v) is 9.41. The van der Waals surface area contributed by atoms with Gasteiger partial charge in [-0.05, 0) is 40.5 Å². The molecule has 0 atom stereocenters. The van der Waals surface area contributed by atoms with Crippen molar-refractivity contribution in [1.29, 1.82) is 0 Å². The van der Waals surface area contributed by atoms with Crippen molar-refractivity contribution >= 4 is 21.9 Å². The van der Waals surface area contributed by atoms with Gasteiger partial charge in [0.15, 0.2) is 23.0 Å². The third-order valence-corrected chi connectivity index (χ3v) is 4.91. The molecule has 3 aromatic rings. The van der Waals surface area contributed by atoms with Gasteiger partial charge in [0.25, 0.3) is 0 Å². The second-order valence-electron chi connectivity index (χ2n) is 7.73. The van der Waals surface area contributed by atoms with Gasteiger partial charge in [0.05, 0.1) is 5.39 Å². The highest BCUT2D eigenvalue weighted by Crippen LogP contribution is 2.46. The van der Waals surface area contributed by atoms with Crippen LogP contribution >= 0.6 is 0 Å². The minimum absolute atomic E-state index is 0.0112. The maximum absolute atomic E-state index is 13.4. The Morgan fingerprint density at radius 1 is 0.800 bits per heavy atom. The summed E-state index contributed by atoms with van der Waals surface area (Å²) >= 11 is 0. The lowest BCUT2D eigenvalue weighted by molar-refractivity contribution is 0.367. The summed E-state index contributed by atoms with van der Waals surface area (Å²) in [5.74, 6) is -3.13. The maximum Gasteiger partial charge on any atom is 0.204 e. The maximum atomic E-state index is 13.4. The van der Waals surface area contributed by atoms with Crippen LogP contribution in [-0.4, -0.2) is 25.5 Å². The summed E-state index contributed by atoms with van der Waals surface area (Å²) in [6, 6.07) is 1.11. The predicted octanol–water partition coefficient (Wildman–Crippen LogP) is 4.49. The molecule has 5 N–H and O–H groups in total. The molecular formula is C23H24O7. The fraction of sp³-hybridized carbons (Fsp3) is 0.261. The summed E-state index contributed by atoms with van der Waals surface area (Å²) in [4.78, 5) is 13.4. The number of phenolic OH excluding ortho intramolecular Hbond substituents is 5. The van der Waals surface area contributed by atoms with E-state index in [1.54, 1.807) is 12.2 Å².